The molecule has 0 radical (unpaired) electrons. The van der Waals surface area contributed by atoms with Crippen molar-refractivity contribution in [2.75, 3.05) is 38.2 Å². The lowest BCUT2D eigenvalue weighted by molar-refractivity contribution is -0.274. The number of benzene rings is 1. The summed E-state index contributed by atoms with van der Waals surface area (Å²) in [5.41, 5.74) is 1.12. The van der Waals surface area contributed by atoms with Gasteiger partial charge >= 0.3 is 6.36 Å². The number of amides is 2. The Morgan fingerprint density at radius 2 is 1.79 bits per heavy atom. The quantitative estimate of drug-likeness (QED) is 0.331. The summed E-state index contributed by atoms with van der Waals surface area (Å²) in [6.07, 6.45) is 2.09. The molecule has 2 aliphatic rings. The van der Waals surface area contributed by atoms with Crippen LogP contribution in [-0.2, 0) is 14.3 Å². The number of halogens is 3. The summed E-state index contributed by atoms with van der Waals surface area (Å²) in [5, 5.41) is 6.15. The maximum atomic E-state index is 13.3. The van der Waals surface area contributed by atoms with Gasteiger partial charge in [0.25, 0.3) is 0 Å². The van der Waals surface area contributed by atoms with Gasteiger partial charge in [0, 0.05) is 43.7 Å². The Labute approximate surface area is 223 Å². The fourth-order valence-corrected chi connectivity index (χ4v) is 4.84. The molecule has 0 bridgehead atoms. The molecule has 214 valence electrons. The van der Waals surface area contributed by atoms with Crippen molar-refractivity contribution in [1.29, 1.82) is 0 Å². The van der Waals surface area contributed by atoms with Gasteiger partial charge < -0.3 is 25.0 Å². The van der Waals surface area contributed by atoms with Crippen LogP contribution in [0.2, 0.25) is 0 Å². The van der Waals surface area contributed by atoms with E-state index >= 15 is 0 Å². The second-order valence-electron chi connectivity index (χ2n) is 11.3. The molecule has 1 aliphatic carbocycles. The molecule has 7 nitrogen and oxygen atoms in total. The minimum absolute atomic E-state index is 0.0157. The zero-order valence-corrected chi connectivity index (χ0v) is 22.7. The molecule has 2 N–H and O–H groups in total. The Morgan fingerprint density at radius 3 is 2.39 bits per heavy atom. The molecule has 1 saturated heterocycles. The van der Waals surface area contributed by atoms with E-state index in [1.165, 1.54) is 43.5 Å². The zero-order chi connectivity index (χ0) is 27.8. The summed E-state index contributed by atoms with van der Waals surface area (Å²) in [7, 11) is 0. The second-order valence-corrected chi connectivity index (χ2v) is 11.3. The fourth-order valence-electron chi connectivity index (χ4n) is 4.84. The van der Waals surface area contributed by atoms with Crippen LogP contribution in [0.5, 0.6) is 5.75 Å². The molecule has 1 aromatic carbocycles. The Hall–Kier alpha value is -2.49. The number of anilines is 1. The first kappa shape index (κ1) is 30.1. The van der Waals surface area contributed by atoms with Crippen LogP contribution in [0.4, 0.5) is 18.9 Å². The van der Waals surface area contributed by atoms with Gasteiger partial charge in [-0.15, -0.1) is 13.2 Å². The molecular weight excluding hydrogens is 499 g/mol. The number of hydrogen-bond acceptors (Lipinski definition) is 5. The maximum absolute atomic E-state index is 13.3. The van der Waals surface area contributed by atoms with Gasteiger partial charge in [0.05, 0.1) is 13.2 Å². The number of ether oxygens (including phenoxy) is 2. The number of nitrogens with zero attached hydrogens (tertiary/aromatic N) is 1. The number of nitrogens with one attached hydrogen (secondary N) is 2. The molecule has 38 heavy (non-hydrogen) atoms. The van der Waals surface area contributed by atoms with Gasteiger partial charge in [-0.05, 0) is 68.2 Å². The molecule has 2 amide bonds. The first-order valence-electron chi connectivity index (χ1n) is 13.7. The van der Waals surface area contributed by atoms with E-state index in [0.29, 0.717) is 56.3 Å². The lowest BCUT2D eigenvalue weighted by Crippen LogP contribution is -2.45. The summed E-state index contributed by atoms with van der Waals surface area (Å²) in [5.74, 6) is -0.541. The standard InChI is InChI=1S/C28H42F3N3O4/c1-20(5-4-10-27(3)11-12-27)17-22(18-25(35)34-13-15-37-16-14-34)26(36)33-21(2)19-32-23-6-8-24(9-7-23)38-28(29,30)31/h6-9,20-22,32H,4-5,10-19H2,1-3H3,(H,33,36)/t20?,21-,22?/m0/s1. The third-order valence-corrected chi connectivity index (χ3v) is 7.51. The molecule has 1 saturated carbocycles. The molecule has 1 heterocycles. The Morgan fingerprint density at radius 1 is 1.13 bits per heavy atom. The van der Waals surface area contributed by atoms with Crippen molar-refractivity contribution in [3.05, 3.63) is 24.3 Å². The van der Waals surface area contributed by atoms with Gasteiger partial charge in [-0.25, -0.2) is 0 Å². The van der Waals surface area contributed by atoms with Crippen LogP contribution in [0.15, 0.2) is 24.3 Å². The van der Waals surface area contributed by atoms with Crippen molar-refractivity contribution in [2.24, 2.45) is 17.3 Å². The third-order valence-electron chi connectivity index (χ3n) is 7.51. The van der Waals surface area contributed by atoms with E-state index < -0.39 is 12.3 Å². The normalized spacial score (nSPS) is 19.3. The van der Waals surface area contributed by atoms with Crippen molar-refractivity contribution in [2.45, 2.75) is 78.1 Å². The zero-order valence-electron chi connectivity index (χ0n) is 22.7. The molecule has 1 aromatic rings. The van der Waals surface area contributed by atoms with Gasteiger partial charge in [-0.1, -0.05) is 26.7 Å². The number of carbonyl (C=O) groups is 2. The highest BCUT2D eigenvalue weighted by molar-refractivity contribution is 5.86. The minimum Gasteiger partial charge on any atom is -0.406 e. The molecule has 0 spiro atoms. The Balaban J connectivity index is 1.51. The number of hydrogen-bond donors (Lipinski definition) is 2. The van der Waals surface area contributed by atoms with Crippen LogP contribution in [-0.4, -0.2) is 62.0 Å². The van der Waals surface area contributed by atoms with Gasteiger partial charge in [0.1, 0.15) is 5.75 Å². The number of alkyl halides is 3. The monoisotopic (exact) mass is 541 g/mol. The number of carbonyl (C=O) groups excluding carboxylic acids is 2. The summed E-state index contributed by atoms with van der Waals surface area (Å²) >= 11 is 0. The lowest BCUT2D eigenvalue weighted by Gasteiger charge is -2.29. The topological polar surface area (TPSA) is 79.9 Å². The lowest BCUT2D eigenvalue weighted by atomic mass is 9.87. The van der Waals surface area contributed by atoms with E-state index in [1.54, 1.807) is 4.90 Å². The van der Waals surface area contributed by atoms with Crippen molar-refractivity contribution < 1.29 is 32.2 Å². The molecule has 10 heteroatoms. The first-order chi connectivity index (χ1) is 17.9. The van der Waals surface area contributed by atoms with Crippen molar-refractivity contribution >= 4 is 17.5 Å². The molecule has 3 rings (SSSR count). The molecule has 2 fully saturated rings. The molecule has 0 aromatic heterocycles. The predicted octanol–water partition coefficient (Wildman–Crippen LogP) is 5.36. The van der Waals surface area contributed by atoms with Crippen LogP contribution in [0.3, 0.4) is 0 Å². The van der Waals surface area contributed by atoms with Crippen molar-refractivity contribution in [3.8, 4) is 5.75 Å². The van der Waals surface area contributed by atoms with Crippen LogP contribution >= 0.6 is 0 Å². The van der Waals surface area contributed by atoms with E-state index in [-0.39, 0.29) is 30.0 Å². The van der Waals surface area contributed by atoms with E-state index in [9.17, 15) is 22.8 Å². The average molecular weight is 542 g/mol. The molecule has 2 unspecified atom stereocenters. The van der Waals surface area contributed by atoms with Crippen LogP contribution in [0.25, 0.3) is 0 Å². The maximum Gasteiger partial charge on any atom is 0.573 e. The molecule has 3 atom stereocenters. The fraction of sp³-hybridized carbons (Fsp3) is 0.714. The minimum atomic E-state index is -4.74. The summed E-state index contributed by atoms with van der Waals surface area (Å²) in [4.78, 5) is 28.0. The van der Waals surface area contributed by atoms with E-state index in [0.717, 1.165) is 12.8 Å². The van der Waals surface area contributed by atoms with Gasteiger partial charge in [0.15, 0.2) is 0 Å². The summed E-state index contributed by atoms with van der Waals surface area (Å²) in [6, 6.07) is 5.20. The number of rotatable bonds is 14. The highest BCUT2D eigenvalue weighted by Crippen LogP contribution is 2.49. The predicted molar refractivity (Wildman–Crippen MR) is 140 cm³/mol. The van der Waals surface area contributed by atoms with E-state index in [4.69, 9.17) is 4.74 Å². The summed E-state index contributed by atoms with van der Waals surface area (Å²) < 4.78 is 46.3. The van der Waals surface area contributed by atoms with Crippen molar-refractivity contribution in [1.82, 2.24) is 10.2 Å². The van der Waals surface area contributed by atoms with Crippen molar-refractivity contribution in [3.63, 3.8) is 0 Å². The SMILES string of the molecule is CC(CCCC1(C)CC1)CC(CC(=O)N1CCOCC1)C(=O)N[C@@H](C)CNc1ccc(OC(F)(F)F)cc1. The average Bonchev–Trinajstić information content (AvgIpc) is 3.59. The molecule has 1 aliphatic heterocycles. The third kappa shape index (κ3) is 10.7. The highest BCUT2D eigenvalue weighted by atomic mass is 19.4. The van der Waals surface area contributed by atoms with E-state index in [2.05, 4.69) is 29.2 Å². The van der Waals surface area contributed by atoms with Gasteiger partial charge in [0.2, 0.25) is 11.8 Å². The Bertz CT molecular complexity index is 900. The van der Waals surface area contributed by atoms with Crippen LogP contribution < -0.4 is 15.4 Å². The summed E-state index contributed by atoms with van der Waals surface area (Å²) in [6.45, 7) is 8.85. The van der Waals surface area contributed by atoms with Gasteiger partial charge in [-0.3, -0.25) is 9.59 Å². The largest absolute Gasteiger partial charge is 0.573 e. The highest BCUT2D eigenvalue weighted by Gasteiger charge is 2.36. The van der Waals surface area contributed by atoms with Crippen LogP contribution in [0.1, 0.15) is 65.7 Å². The number of morpholine rings is 1. The van der Waals surface area contributed by atoms with Gasteiger partial charge in [-0.2, -0.15) is 0 Å². The second kappa shape index (κ2) is 13.5. The smallest absolute Gasteiger partial charge is 0.406 e. The Kier molecular flexibility index (Phi) is 10.7. The van der Waals surface area contributed by atoms with E-state index in [1.807, 2.05) is 6.92 Å². The first-order valence-corrected chi connectivity index (χ1v) is 13.7. The van der Waals surface area contributed by atoms with Crippen LogP contribution in [0, 0.1) is 17.3 Å². The molecular formula is C28H42F3N3O4.